The molecule has 1 aromatic carbocycles. The molecule has 0 amide bonds. The van der Waals surface area contributed by atoms with Crippen molar-refractivity contribution in [2.75, 3.05) is 13.7 Å². The second kappa shape index (κ2) is 7.61. The highest BCUT2D eigenvalue weighted by molar-refractivity contribution is 9.10. The molecule has 0 aliphatic heterocycles. The first-order valence-electron chi connectivity index (χ1n) is 7.18. The Balaban J connectivity index is 2.28. The minimum absolute atomic E-state index is 0.204. The lowest BCUT2D eigenvalue weighted by Crippen LogP contribution is -2.25. The third-order valence-electron chi connectivity index (χ3n) is 3.53. The molecule has 0 spiro atoms. The number of aryl methyl sites for hydroxylation is 1. The number of hydrogen-bond donors (Lipinski definition) is 1. The molecule has 5 heteroatoms. The van der Waals surface area contributed by atoms with Crippen molar-refractivity contribution in [2.24, 2.45) is 7.05 Å². The summed E-state index contributed by atoms with van der Waals surface area (Å²) in [5.74, 6) is 1.94. The summed E-state index contributed by atoms with van der Waals surface area (Å²) in [7, 11) is 3.72. The molecule has 114 valence electrons. The van der Waals surface area contributed by atoms with Crippen LogP contribution in [-0.4, -0.2) is 23.2 Å². The molecule has 2 aromatic rings. The zero-order chi connectivity index (χ0) is 15.2. The zero-order valence-electron chi connectivity index (χ0n) is 12.8. The normalized spacial score (nSPS) is 12.4. The van der Waals surface area contributed by atoms with Crippen LogP contribution in [0.25, 0.3) is 0 Å². The summed E-state index contributed by atoms with van der Waals surface area (Å²) in [6.07, 6.45) is 5.76. The molecule has 0 aliphatic carbocycles. The zero-order valence-corrected chi connectivity index (χ0v) is 14.4. The second-order valence-corrected chi connectivity index (χ2v) is 5.91. The number of nitrogens with zero attached hydrogens (tertiary/aromatic N) is 2. The molecular formula is C16H22BrN3O. The first-order chi connectivity index (χ1) is 10.2. The van der Waals surface area contributed by atoms with Crippen LogP contribution in [0.3, 0.4) is 0 Å². The highest BCUT2D eigenvalue weighted by atomic mass is 79.9. The molecule has 1 unspecified atom stereocenters. The fourth-order valence-electron chi connectivity index (χ4n) is 2.30. The lowest BCUT2D eigenvalue weighted by Gasteiger charge is -2.21. The van der Waals surface area contributed by atoms with Gasteiger partial charge in [-0.25, -0.2) is 4.98 Å². The average Bonchev–Trinajstić information content (AvgIpc) is 2.89. The van der Waals surface area contributed by atoms with E-state index in [0.29, 0.717) is 0 Å². The van der Waals surface area contributed by atoms with Gasteiger partial charge in [0.1, 0.15) is 11.6 Å². The van der Waals surface area contributed by atoms with Crippen LogP contribution in [0.5, 0.6) is 5.75 Å². The third-order valence-corrected chi connectivity index (χ3v) is 4.25. The van der Waals surface area contributed by atoms with Crippen molar-refractivity contribution >= 4 is 15.9 Å². The molecule has 0 bridgehead atoms. The van der Waals surface area contributed by atoms with E-state index < -0.39 is 0 Å². The summed E-state index contributed by atoms with van der Waals surface area (Å²) in [5, 5.41) is 3.60. The summed E-state index contributed by atoms with van der Waals surface area (Å²) >= 11 is 3.65. The number of imidazole rings is 1. The first-order valence-corrected chi connectivity index (χ1v) is 7.98. The molecule has 0 aliphatic rings. The van der Waals surface area contributed by atoms with Crippen LogP contribution in [0.15, 0.2) is 35.1 Å². The monoisotopic (exact) mass is 351 g/mol. The van der Waals surface area contributed by atoms with Crippen LogP contribution in [0.2, 0.25) is 0 Å². The predicted molar refractivity (Wildman–Crippen MR) is 88.6 cm³/mol. The van der Waals surface area contributed by atoms with Gasteiger partial charge in [0, 0.05) is 36.4 Å². The number of nitrogens with one attached hydrogen (secondary N) is 1. The van der Waals surface area contributed by atoms with Crippen molar-refractivity contribution in [1.82, 2.24) is 14.9 Å². The summed E-state index contributed by atoms with van der Waals surface area (Å²) < 4.78 is 8.51. The van der Waals surface area contributed by atoms with Gasteiger partial charge in [-0.3, -0.25) is 0 Å². The van der Waals surface area contributed by atoms with Gasteiger partial charge >= 0.3 is 0 Å². The Bertz CT molecular complexity index is 583. The molecule has 1 aromatic heterocycles. The molecule has 21 heavy (non-hydrogen) atoms. The first kappa shape index (κ1) is 16.0. The molecule has 1 atom stereocenters. The molecule has 0 radical (unpaired) electrons. The molecule has 4 nitrogen and oxygen atoms in total. The molecule has 0 saturated heterocycles. The third kappa shape index (κ3) is 4.08. The van der Waals surface area contributed by atoms with E-state index >= 15 is 0 Å². The number of rotatable bonds is 7. The standard InChI is InChI=1S/C16H22BrN3O/c1-4-7-18-15(11-16-19-8-9-20(16)2)13-10-12(21-3)5-6-14(13)17/h5-6,8-10,15,18H,4,7,11H2,1-3H3. The fraction of sp³-hybridized carbons (Fsp3) is 0.438. The van der Waals surface area contributed by atoms with Gasteiger partial charge in [-0.2, -0.15) is 0 Å². The van der Waals surface area contributed by atoms with E-state index in [-0.39, 0.29) is 6.04 Å². The van der Waals surface area contributed by atoms with E-state index in [4.69, 9.17) is 4.74 Å². The van der Waals surface area contributed by atoms with Crippen molar-refractivity contribution in [3.8, 4) is 5.75 Å². The number of methoxy groups -OCH3 is 1. The molecule has 0 saturated carbocycles. The van der Waals surface area contributed by atoms with Gasteiger partial charge < -0.3 is 14.6 Å². The Morgan fingerprint density at radius 1 is 1.43 bits per heavy atom. The van der Waals surface area contributed by atoms with Gasteiger partial charge in [-0.05, 0) is 36.7 Å². The maximum atomic E-state index is 5.35. The van der Waals surface area contributed by atoms with Crippen molar-refractivity contribution in [3.63, 3.8) is 0 Å². The lowest BCUT2D eigenvalue weighted by atomic mass is 10.0. The van der Waals surface area contributed by atoms with E-state index in [2.05, 4.69) is 43.8 Å². The number of halogens is 1. The highest BCUT2D eigenvalue weighted by Gasteiger charge is 2.17. The maximum Gasteiger partial charge on any atom is 0.119 e. The van der Waals surface area contributed by atoms with Gasteiger partial charge in [0.05, 0.1) is 7.11 Å². The van der Waals surface area contributed by atoms with E-state index in [9.17, 15) is 0 Å². The van der Waals surface area contributed by atoms with Crippen LogP contribution < -0.4 is 10.1 Å². The minimum atomic E-state index is 0.204. The number of hydrogen-bond acceptors (Lipinski definition) is 3. The van der Waals surface area contributed by atoms with Gasteiger partial charge in [0.2, 0.25) is 0 Å². The highest BCUT2D eigenvalue weighted by Crippen LogP contribution is 2.29. The van der Waals surface area contributed by atoms with Crippen LogP contribution in [0, 0.1) is 0 Å². The van der Waals surface area contributed by atoms with E-state index in [1.165, 1.54) is 5.56 Å². The van der Waals surface area contributed by atoms with Gasteiger partial charge in [-0.15, -0.1) is 0 Å². The lowest BCUT2D eigenvalue weighted by molar-refractivity contribution is 0.412. The van der Waals surface area contributed by atoms with E-state index in [1.807, 2.05) is 31.6 Å². The Kier molecular flexibility index (Phi) is 5.82. The van der Waals surface area contributed by atoms with Crippen LogP contribution in [0.1, 0.15) is 30.8 Å². The van der Waals surface area contributed by atoms with E-state index in [0.717, 1.165) is 35.4 Å². The average molecular weight is 352 g/mol. The minimum Gasteiger partial charge on any atom is -0.497 e. The van der Waals surface area contributed by atoms with Gasteiger partial charge in [0.15, 0.2) is 0 Å². The summed E-state index contributed by atoms with van der Waals surface area (Å²) in [5.41, 5.74) is 1.20. The van der Waals surface area contributed by atoms with Crippen molar-refractivity contribution in [3.05, 3.63) is 46.5 Å². The molecule has 1 N–H and O–H groups in total. The Hall–Kier alpha value is -1.33. The number of benzene rings is 1. The Labute approximate surface area is 134 Å². The smallest absolute Gasteiger partial charge is 0.119 e. The number of ether oxygens (including phenoxy) is 1. The maximum absolute atomic E-state index is 5.35. The molecule has 2 rings (SSSR count). The summed E-state index contributed by atoms with van der Waals surface area (Å²) in [6.45, 7) is 3.14. The quantitative estimate of drug-likeness (QED) is 0.829. The SMILES string of the molecule is CCCNC(Cc1nccn1C)c1cc(OC)ccc1Br. The van der Waals surface area contributed by atoms with Crippen molar-refractivity contribution < 1.29 is 4.74 Å². The van der Waals surface area contributed by atoms with Gasteiger partial charge in [0.25, 0.3) is 0 Å². The van der Waals surface area contributed by atoms with Crippen LogP contribution in [-0.2, 0) is 13.5 Å². The Morgan fingerprint density at radius 3 is 2.86 bits per heavy atom. The largest absolute Gasteiger partial charge is 0.497 e. The molecular weight excluding hydrogens is 330 g/mol. The van der Waals surface area contributed by atoms with Crippen LogP contribution in [0.4, 0.5) is 0 Å². The predicted octanol–water partition coefficient (Wildman–Crippen LogP) is 3.47. The Morgan fingerprint density at radius 2 is 2.24 bits per heavy atom. The van der Waals surface area contributed by atoms with Crippen molar-refractivity contribution in [2.45, 2.75) is 25.8 Å². The molecule has 0 fully saturated rings. The number of aromatic nitrogens is 2. The summed E-state index contributed by atoms with van der Waals surface area (Å²) in [4.78, 5) is 4.44. The van der Waals surface area contributed by atoms with Gasteiger partial charge in [-0.1, -0.05) is 22.9 Å². The van der Waals surface area contributed by atoms with Crippen molar-refractivity contribution in [1.29, 1.82) is 0 Å². The molecule has 1 heterocycles. The topological polar surface area (TPSA) is 39.1 Å². The second-order valence-electron chi connectivity index (χ2n) is 5.05. The van der Waals surface area contributed by atoms with E-state index in [1.54, 1.807) is 7.11 Å². The summed E-state index contributed by atoms with van der Waals surface area (Å²) in [6, 6.07) is 6.29. The fourth-order valence-corrected chi connectivity index (χ4v) is 2.83. The van der Waals surface area contributed by atoms with Crippen LogP contribution >= 0.6 is 15.9 Å².